The van der Waals surface area contributed by atoms with Crippen molar-refractivity contribution >= 4 is 0 Å². The van der Waals surface area contributed by atoms with Gasteiger partial charge in [-0.05, 0) is 12.1 Å². The van der Waals surface area contributed by atoms with Gasteiger partial charge in [-0.15, -0.1) is 0 Å². The lowest BCUT2D eigenvalue weighted by atomic mass is 10.2. The Labute approximate surface area is 86.7 Å². The number of nitrogens with zero attached hydrogens (tertiary/aromatic N) is 1. The summed E-state index contributed by atoms with van der Waals surface area (Å²) in [6.07, 6.45) is 2.48. The molecule has 1 unspecified atom stereocenters. The Balaban J connectivity index is 1.74. The molecule has 0 aliphatic carbocycles. The molecule has 0 aromatic carbocycles. The Morgan fingerprint density at radius 2 is 2.40 bits per heavy atom. The van der Waals surface area contributed by atoms with Crippen LogP contribution < -0.4 is 5.32 Å². The van der Waals surface area contributed by atoms with E-state index < -0.39 is 6.10 Å². The van der Waals surface area contributed by atoms with E-state index in [0.29, 0.717) is 18.8 Å². The number of nitrogens with one attached hydrogen (secondary N) is 1. The fourth-order valence-electron chi connectivity index (χ4n) is 1.25. The zero-order chi connectivity index (χ0) is 10.5. The second-order valence-electron chi connectivity index (χ2n) is 3.14. The van der Waals surface area contributed by atoms with Crippen LogP contribution in [0.5, 0.6) is 0 Å². The van der Waals surface area contributed by atoms with Gasteiger partial charge >= 0.3 is 0 Å². The summed E-state index contributed by atoms with van der Waals surface area (Å²) in [5.74, 6) is 1.29. The monoisotopic (exact) mass is 208 g/mol. The maximum Gasteiger partial charge on any atom is 0.150 e. The average Bonchev–Trinajstić information content (AvgIpc) is 2.90. The lowest BCUT2D eigenvalue weighted by molar-refractivity contribution is 0.146. The Hall–Kier alpha value is -1.59. The predicted octanol–water partition coefficient (Wildman–Crippen LogP) is 1.09. The number of aromatic nitrogens is 1. The minimum absolute atomic E-state index is 0.411. The Bertz CT molecular complexity index is 369. The molecule has 80 valence electrons. The van der Waals surface area contributed by atoms with Gasteiger partial charge in [0.15, 0.2) is 0 Å². The highest BCUT2D eigenvalue weighted by atomic mass is 16.5. The summed E-state index contributed by atoms with van der Waals surface area (Å²) in [6.45, 7) is 0.950. The van der Waals surface area contributed by atoms with Gasteiger partial charge in [0.2, 0.25) is 0 Å². The van der Waals surface area contributed by atoms with E-state index in [-0.39, 0.29) is 0 Å². The molecule has 0 aliphatic rings. The van der Waals surface area contributed by atoms with E-state index >= 15 is 0 Å². The molecule has 5 nitrogen and oxygen atoms in total. The van der Waals surface area contributed by atoms with E-state index in [1.54, 1.807) is 24.4 Å². The molecular formula is C10H12N2O3. The van der Waals surface area contributed by atoms with Gasteiger partial charge in [0.25, 0.3) is 0 Å². The van der Waals surface area contributed by atoms with Crippen molar-refractivity contribution in [2.75, 3.05) is 6.54 Å². The first-order valence-corrected chi connectivity index (χ1v) is 4.68. The number of hydrogen-bond donors (Lipinski definition) is 2. The summed E-state index contributed by atoms with van der Waals surface area (Å²) in [5.41, 5.74) is 0. The first-order chi connectivity index (χ1) is 7.36. The third kappa shape index (κ3) is 2.68. The molecule has 0 radical (unpaired) electrons. The molecule has 0 fully saturated rings. The summed E-state index contributed by atoms with van der Waals surface area (Å²) in [5, 5.41) is 16.2. The highest BCUT2D eigenvalue weighted by Crippen LogP contribution is 2.11. The molecule has 0 aliphatic heterocycles. The second-order valence-corrected chi connectivity index (χ2v) is 3.14. The van der Waals surface area contributed by atoms with E-state index in [2.05, 4.69) is 10.5 Å². The lowest BCUT2D eigenvalue weighted by Crippen LogP contribution is -2.20. The third-order valence-corrected chi connectivity index (χ3v) is 2.00. The minimum atomic E-state index is -0.636. The summed E-state index contributed by atoms with van der Waals surface area (Å²) < 4.78 is 9.95. The molecule has 15 heavy (non-hydrogen) atoms. The molecule has 2 rings (SSSR count). The number of furan rings is 1. The van der Waals surface area contributed by atoms with E-state index in [1.807, 2.05) is 0 Å². The van der Waals surface area contributed by atoms with Gasteiger partial charge in [0.05, 0.1) is 19.0 Å². The van der Waals surface area contributed by atoms with Crippen molar-refractivity contribution < 1.29 is 14.0 Å². The first kappa shape index (κ1) is 9.95. The van der Waals surface area contributed by atoms with Crippen LogP contribution in [-0.2, 0) is 6.54 Å². The summed E-state index contributed by atoms with van der Waals surface area (Å²) >= 11 is 0. The molecular weight excluding hydrogens is 196 g/mol. The van der Waals surface area contributed by atoms with Crippen LogP contribution in [0.1, 0.15) is 17.6 Å². The lowest BCUT2D eigenvalue weighted by Gasteiger charge is -2.07. The molecule has 2 aromatic rings. The average molecular weight is 208 g/mol. The van der Waals surface area contributed by atoms with Gasteiger partial charge < -0.3 is 19.4 Å². The quantitative estimate of drug-likeness (QED) is 0.769. The van der Waals surface area contributed by atoms with Crippen LogP contribution in [-0.4, -0.2) is 16.8 Å². The highest BCUT2D eigenvalue weighted by molar-refractivity contribution is 5.02. The van der Waals surface area contributed by atoms with Crippen LogP contribution in [0.3, 0.4) is 0 Å². The normalized spacial score (nSPS) is 12.9. The maximum absolute atomic E-state index is 9.64. The Morgan fingerprint density at radius 3 is 3.07 bits per heavy atom. The van der Waals surface area contributed by atoms with Crippen LogP contribution in [0.25, 0.3) is 0 Å². The Morgan fingerprint density at radius 1 is 1.47 bits per heavy atom. The Kier molecular flexibility index (Phi) is 3.16. The molecule has 0 saturated carbocycles. The number of aliphatic hydroxyl groups excluding tert-OH is 1. The topological polar surface area (TPSA) is 71.4 Å². The van der Waals surface area contributed by atoms with E-state index in [0.717, 1.165) is 5.76 Å². The van der Waals surface area contributed by atoms with E-state index in [9.17, 15) is 5.11 Å². The van der Waals surface area contributed by atoms with Crippen LogP contribution >= 0.6 is 0 Å². The van der Waals surface area contributed by atoms with Crippen molar-refractivity contribution in [2.24, 2.45) is 0 Å². The molecule has 0 bridgehead atoms. The smallest absolute Gasteiger partial charge is 0.150 e. The summed E-state index contributed by atoms with van der Waals surface area (Å²) in [6, 6.07) is 5.25. The van der Waals surface area contributed by atoms with Crippen LogP contribution in [0, 0.1) is 0 Å². The molecule has 0 amide bonds. The standard InChI is InChI=1S/C10H12N2O3/c13-9(10-2-1-5-14-10)7-11-6-8-3-4-12-15-8/h1-5,9,11,13H,6-7H2. The SMILES string of the molecule is OC(CNCc1ccno1)c1ccco1. The first-order valence-electron chi connectivity index (χ1n) is 4.68. The van der Waals surface area contributed by atoms with Gasteiger partial charge in [-0.25, -0.2) is 0 Å². The predicted molar refractivity (Wildman–Crippen MR) is 51.9 cm³/mol. The molecule has 5 heteroatoms. The van der Waals surface area contributed by atoms with Crippen molar-refractivity contribution in [1.29, 1.82) is 0 Å². The molecule has 0 spiro atoms. The van der Waals surface area contributed by atoms with Gasteiger partial charge in [0.1, 0.15) is 17.6 Å². The molecule has 0 saturated heterocycles. The van der Waals surface area contributed by atoms with Crippen molar-refractivity contribution in [3.8, 4) is 0 Å². The second kappa shape index (κ2) is 4.77. The maximum atomic E-state index is 9.64. The van der Waals surface area contributed by atoms with Gasteiger partial charge in [-0.1, -0.05) is 5.16 Å². The molecule has 1 atom stereocenters. The number of aliphatic hydroxyl groups is 1. The van der Waals surface area contributed by atoms with E-state index in [4.69, 9.17) is 8.94 Å². The molecule has 2 N–H and O–H groups in total. The van der Waals surface area contributed by atoms with Crippen molar-refractivity contribution in [3.05, 3.63) is 42.2 Å². The zero-order valence-corrected chi connectivity index (χ0v) is 8.09. The van der Waals surface area contributed by atoms with E-state index in [1.165, 1.54) is 6.26 Å². The summed E-state index contributed by atoms with van der Waals surface area (Å²) in [4.78, 5) is 0. The van der Waals surface area contributed by atoms with Gasteiger partial charge in [0, 0.05) is 12.6 Å². The van der Waals surface area contributed by atoms with Crippen molar-refractivity contribution in [2.45, 2.75) is 12.6 Å². The number of rotatable bonds is 5. The van der Waals surface area contributed by atoms with Crippen LogP contribution in [0.4, 0.5) is 0 Å². The fourth-order valence-corrected chi connectivity index (χ4v) is 1.25. The minimum Gasteiger partial charge on any atom is -0.467 e. The van der Waals surface area contributed by atoms with Crippen LogP contribution in [0.15, 0.2) is 39.6 Å². The molecule has 2 heterocycles. The van der Waals surface area contributed by atoms with Crippen LogP contribution in [0.2, 0.25) is 0 Å². The summed E-state index contributed by atoms with van der Waals surface area (Å²) in [7, 11) is 0. The zero-order valence-electron chi connectivity index (χ0n) is 8.09. The highest BCUT2D eigenvalue weighted by Gasteiger charge is 2.09. The molecule has 2 aromatic heterocycles. The van der Waals surface area contributed by atoms with Crippen molar-refractivity contribution in [1.82, 2.24) is 10.5 Å². The van der Waals surface area contributed by atoms with Gasteiger partial charge in [-0.3, -0.25) is 0 Å². The third-order valence-electron chi connectivity index (χ3n) is 2.00. The largest absolute Gasteiger partial charge is 0.467 e. The fraction of sp³-hybridized carbons (Fsp3) is 0.300. The van der Waals surface area contributed by atoms with Crippen molar-refractivity contribution in [3.63, 3.8) is 0 Å². The number of hydrogen-bond acceptors (Lipinski definition) is 5. The van der Waals surface area contributed by atoms with Gasteiger partial charge in [-0.2, -0.15) is 0 Å².